The predicted molar refractivity (Wildman–Crippen MR) is 145 cm³/mol. The van der Waals surface area contributed by atoms with Crippen LogP contribution in [0.3, 0.4) is 0 Å². The van der Waals surface area contributed by atoms with Crippen molar-refractivity contribution in [3.8, 4) is 5.75 Å². The molecule has 3 rings (SSSR count). The molecule has 0 aliphatic carbocycles. The molecule has 0 aromatic heterocycles. The standard InChI is InChI=1S/C30H35ClN2O3/c1-21(2)18-32-30(35)27(17-24-10-6-5-7-11-24)33(19-25-13-15-26(31)16-14-25)29(34)20-36-28-12-8-9-22(3)23(28)4/h5-16,21,27H,17-20H2,1-4H3,(H,32,35)/t27-/m1/s1. The number of carbonyl (C=O) groups is 2. The van der Waals surface area contributed by atoms with Gasteiger partial charge < -0.3 is 15.0 Å². The van der Waals surface area contributed by atoms with Crippen molar-refractivity contribution in [1.29, 1.82) is 0 Å². The molecule has 0 saturated heterocycles. The van der Waals surface area contributed by atoms with Gasteiger partial charge in [-0.15, -0.1) is 0 Å². The van der Waals surface area contributed by atoms with Crippen LogP contribution in [0.15, 0.2) is 72.8 Å². The number of carbonyl (C=O) groups excluding carboxylic acids is 2. The first-order valence-corrected chi connectivity index (χ1v) is 12.7. The van der Waals surface area contributed by atoms with E-state index in [-0.39, 0.29) is 25.0 Å². The summed E-state index contributed by atoms with van der Waals surface area (Å²) < 4.78 is 5.95. The second kappa shape index (κ2) is 13.1. The maximum absolute atomic E-state index is 13.7. The van der Waals surface area contributed by atoms with Crippen LogP contribution in [0.4, 0.5) is 0 Å². The van der Waals surface area contributed by atoms with Crippen LogP contribution in [0.2, 0.25) is 5.02 Å². The molecule has 0 spiro atoms. The number of nitrogens with one attached hydrogen (secondary N) is 1. The van der Waals surface area contributed by atoms with Crippen molar-refractivity contribution >= 4 is 23.4 Å². The maximum atomic E-state index is 13.7. The van der Waals surface area contributed by atoms with E-state index < -0.39 is 6.04 Å². The molecule has 0 radical (unpaired) electrons. The number of aryl methyl sites for hydroxylation is 1. The predicted octanol–water partition coefficient (Wildman–Crippen LogP) is 5.75. The van der Waals surface area contributed by atoms with E-state index in [2.05, 4.69) is 5.32 Å². The van der Waals surface area contributed by atoms with Crippen LogP contribution in [0.1, 0.15) is 36.1 Å². The Morgan fingerprint density at radius 2 is 1.61 bits per heavy atom. The van der Waals surface area contributed by atoms with Crippen molar-refractivity contribution in [2.45, 2.75) is 46.7 Å². The van der Waals surface area contributed by atoms with Gasteiger partial charge in [-0.25, -0.2) is 0 Å². The van der Waals surface area contributed by atoms with Gasteiger partial charge in [-0.3, -0.25) is 9.59 Å². The number of benzene rings is 3. The Morgan fingerprint density at radius 1 is 0.917 bits per heavy atom. The number of ether oxygens (including phenoxy) is 1. The summed E-state index contributed by atoms with van der Waals surface area (Å²) in [5, 5.41) is 3.64. The van der Waals surface area contributed by atoms with E-state index in [1.165, 1.54) is 0 Å². The monoisotopic (exact) mass is 506 g/mol. The van der Waals surface area contributed by atoms with Crippen LogP contribution in [0.25, 0.3) is 0 Å². The molecular weight excluding hydrogens is 472 g/mol. The SMILES string of the molecule is Cc1cccc(OCC(=O)N(Cc2ccc(Cl)cc2)[C@H](Cc2ccccc2)C(=O)NCC(C)C)c1C. The Bertz CT molecular complexity index is 1150. The van der Waals surface area contributed by atoms with E-state index in [9.17, 15) is 9.59 Å². The highest BCUT2D eigenvalue weighted by Crippen LogP contribution is 2.22. The molecule has 0 bridgehead atoms. The Balaban J connectivity index is 1.91. The van der Waals surface area contributed by atoms with Crippen molar-refractivity contribution in [2.75, 3.05) is 13.2 Å². The Labute approximate surface area is 219 Å². The van der Waals surface area contributed by atoms with Gasteiger partial charge in [-0.1, -0.05) is 80.0 Å². The van der Waals surface area contributed by atoms with Gasteiger partial charge in [0.2, 0.25) is 5.91 Å². The molecule has 0 heterocycles. The van der Waals surface area contributed by atoms with Gasteiger partial charge in [0.1, 0.15) is 11.8 Å². The molecule has 1 N–H and O–H groups in total. The van der Waals surface area contributed by atoms with E-state index in [4.69, 9.17) is 16.3 Å². The molecule has 3 aromatic carbocycles. The largest absolute Gasteiger partial charge is 0.483 e. The van der Waals surface area contributed by atoms with Crippen molar-refractivity contribution < 1.29 is 14.3 Å². The van der Waals surface area contributed by atoms with Gasteiger partial charge in [0.15, 0.2) is 6.61 Å². The molecule has 36 heavy (non-hydrogen) atoms. The molecule has 0 aliphatic rings. The van der Waals surface area contributed by atoms with E-state index in [0.717, 1.165) is 22.3 Å². The fourth-order valence-electron chi connectivity index (χ4n) is 3.87. The van der Waals surface area contributed by atoms with Gasteiger partial charge in [0, 0.05) is 24.5 Å². The molecule has 6 heteroatoms. The Hall–Kier alpha value is -3.31. The minimum atomic E-state index is -0.698. The Kier molecular flexibility index (Phi) is 9.95. The average Bonchev–Trinajstić information content (AvgIpc) is 2.87. The maximum Gasteiger partial charge on any atom is 0.261 e. The van der Waals surface area contributed by atoms with Crippen molar-refractivity contribution in [2.24, 2.45) is 5.92 Å². The molecule has 1 atom stereocenters. The zero-order valence-corrected chi connectivity index (χ0v) is 22.2. The summed E-state index contributed by atoms with van der Waals surface area (Å²) >= 11 is 6.08. The van der Waals surface area contributed by atoms with Gasteiger partial charge >= 0.3 is 0 Å². The minimum absolute atomic E-state index is 0.166. The zero-order valence-electron chi connectivity index (χ0n) is 21.5. The van der Waals surface area contributed by atoms with Gasteiger partial charge in [-0.05, 0) is 60.2 Å². The van der Waals surface area contributed by atoms with Crippen molar-refractivity contribution in [1.82, 2.24) is 10.2 Å². The number of amides is 2. The summed E-state index contributed by atoms with van der Waals surface area (Å²) in [4.78, 5) is 28.7. The lowest BCUT2D eigenvalue weighted by molar-refractivity contribution is -0.142. The molecule has 0 unspecified atom stereocenters. The summed E-state index contributed by atoms with van der Waals surface area (Å²) in [6, 6.07) is 22.2. The van der Waals surface area contributed by atoms with Crippen molar-refractivity contribution in [3.63, 3.8) is 0 Å². The normalized spacial score (nSPS) is 11.7. The summed E-state index contributed by atoms with van der Waals surface area (Å²) in [5.41, 5.74) is 3.94. The van der Waals surface area contributed by atoms with Crippen LogP contribution in [0.5, 0.6) is 5.75 Å². The third-order valence-corrected chi connectivity index (χ3v) is 6.38. The van der Waals surface area contributed by atoms with E-state index >= 15 is 0 Å². The third-order valence-electron chi connectivity index (χ3n) is 6.13. The topological polar surface area (TPSA) is 58.6 Å². The molecule has 3 aromatic rings. The molecule has 0 fully saturated rings. The van der Waals surface area contributed by atoms with E-state index in [1.807, 2.05) is 88.4 Å². The lowest BCUT2D eigenvalue weighted by Gasteiger charge is -2.32. The van der Waals surface area contributed by atoms with Gasteiger partial charge in [0.05, 0.1) is 0 Å². The fraction of sp³-hybridized carbons (Fsp3) is 0.333. The summed E-state index contributed by atoms with van der Waals surface area (Å²) in [5.74, 6) is 0.520. The molecular formula is C30H35ClN2O3. The quantitative estimate of drug-likeness (QED) is 0.360. The molecule has 2 amide bonds. The minimum Gasteiger partial charge on any atom is -0.483 e. The van der Waals surface area contributed by atoms with Crippen LogP contribution >= 0.6 is 11.6 Å². The first-order valence-electron chi connectivity index (χ1n) is 12.3. The molecule has 0 saturated carbocycles. The number of halogens is 1. The number of hydrogen-bond donors (Lipinski definition) is 1. The highest BCUT2D eigenvalue weighted by molar-refractivity contribution is 6.30. The van der Waals surface area contributed by atoms with E-state index in [1.54, 1.807) is 17.0 Å². The smallest absolute Gasteiger partial charge is 0.261 e. The highest BCUT2D eigenvalue weighted by Gasteiger charge is 2.30. The number of hydrogen-bond acceptors (Lipinski definition) is 3. The summed E-state index contributed by atoms with van der Waals surface area (Å²) in [6.07, 6.45) is 0.396. The fourth-order valence-corrected chi connectivity index (χ4v) is 3.99. The van der Waals surface area contributed by atoms with Crippen LogP contribution in [-0.4, -0.2) is 35.9 Å². The highest BCUT2D eigenvalue weighted by atomic mass is 35.5. The molecule has 190 valence electrons. The Morgan fingerprint density at radius 3 is 2.28 bits per heavy atom. The zero-order chi connectivity index (χ0) is 26.1. The number of nitrogens with zero attached hydrogens (tertiary/aromatic N) is 1. The second-order valence-corrected chi connectivity index (χ2v) is 9.92. The second-order valence-electron chi connectivity index (χ2n) is 9.48. The lowest BCUT2D eigenvalue weighted by Crippen LogP contribution is -2.52. The van der Waals surface area contributed by atoms with E-state index in [0.29, 0.717) is 29.7 Å². The first-order chi connectivity index (χ1) is 17.2. The van der Waals surface area contributed by atoms with Crippen molar-refractivity contribution in [3.05, 3.63) is 100 Å². The third kappa shape index (κ3) is 7.85. The van der Waals surface area contributed by atoms with Crippen LogP contribution in [0, 0.1) is 19.8 Å². The average molecular weight is 507 g/mol. The summed E-state index contributed by atoms with van der Waals surface area (Å²) in [6.45, 7) is 8.69. The van der Waals surface area contributed by atoms with Gasteiger partial charge in [-0.2, -0.15) is 0 Å². The van der Waals surface area contributed by atoms with Crippen LogP contribution in [-0.2, 0) is 22.6 Å². The number of rotatable bonds is 11. The summed E-state index contributed by atoms with van der Waals surface area (Å²) in [7, 11) is 0. The first kappa shape index (κ1) is 27.3. The molecule has 0 aliphatic heterocycles. The molecule has 5 nitrogen and oxygen atoms in total. The van der Waals surface area contributed by atoms with Crippen LogP contribution < -0.4 is 10.1 Å². The lowest BCUT2D eigenvalue weighted by atomic mass is 10.0. The van der Waals surface area contributed by atoms with Gasteiger partial charge in [0.25, 0.3) is 5.91 Å².